The van der Waals surface area contributed by atoms with Gasteiger partial charge in [0, 0.05) is 16.6 Å². The van der Waals surface area contributed by atoms with E-state index >= 15 is 0 Å². The van der Waals surface area contributed by atoms with Crippen molar-refractivity contribution < 1.29 is 28.5 Å². The highest BCUT2D eigenvalue weighted by atomic mass is 16.7. The van der Waals surface area contributed by atoms with Gasteiger partial charge < -0.3 is 23.7 Å². The van der Waals surface area contributed by atoms with Crippen LogP contribution in [0.4, 0.5) is 0 Å². The van der Waals surface area contributed by atoms with Crippen molar-refractivity contribution in [3.8, 4) is 0 Å². The lowest BCUT2D eigenvalue weighted by Gasteiger charge is -2.64. The molecule has 2 aliphatic heterocycles. The molecule has 3 heterocycles. The maximum Gasteiger partial charge on any atom is 0.334 e. The number of aliphatic hydroxyl groups is 1. The Labute approximate surface area is 158 Å². The van der Waals surface area contributed by atoms with Gasteiger partial charge in [0.1, 0.15) is 0 Å². The van der Waals surface area contributed by atoms with Crippen molar-refractivity contribution in [2.24, 2.45) is 22.7 Å². The Hall–Kier alpha value is -1.63. The highest BCUT2D eigenvalue weighted by molar-refractivity contribution is 5.90. The quantitative estimate of drug-likeness (QED) is 0.800. The average Bonchev–Trinajstić information content (AvgIpc) is 3.33. The van der Waals surface area contributed by atoms with Crippen LogP contribution in [-0.2, 0) is 19.0 Å². The van der Waals surface area contributed by atoms with Crippen LogP contribution in [-0.4, -0.2) is 30.8 Å². The number of esters is 1. The molecule has 2 saturated heterocycles. The second kappa shape index (κ2) is 5.93. The van der Waals surface area contributed by atoms with Gasteiger partial charge in [0.25, 0.3) is 0 Å². The van der Waals surface area contributed by atoms with Crippen LogP contribution in [0.2, 0.25) is 0 Å². The van der Waals surface area contributed by atoms with Gasteiger partial charge in [-0.15, -0.1) is 0 Å². The van der Waals surface area contributed by atoms with Crippen molar-refractivity contribution in [2.75, 3.05) is 7.11 Å². The summed E-state index contributed by atoms with van der Waals surface area (Å²) < 4.78 is 22.8. The summed E-state index contributed by atoms with van der Waals surface area (Å²) >= 11 is 0. The molecule has 1 spiro atoms. The Balaban J connectivity index is 1.62. The van der Waals surface area contributed by atoms with Crippen LogP contribution in [0.15, 0.2) is 34.7 Å². The molecule has 0 aromatic carbocycles. The fourth-order valence-corrected chi connectivity index (χ4v) is 6.50. The molecule has 1 N–H and O–H groups in total. The number of hydrogen-bond donors (Lipinski definition) is 1. The van der Waals surface area contributed by atoms with Gasteiger partial charge in [0.05, 0.1) is 31.2 Å². The molecule has 1 aromatic rings. The molecule has 6 nitrogen and oxygen atoms in total. The van der Waals surface area contributed by atoms with E-state index in [0.29, 0.717) is 11.5 Å². The van der Waals surface area contributed by atoms with E-state index in [1.807, 2.05) is 12.1 Å². The summed E-state index contributed by atoms with van der Waals surface area (Å²) in [6.45, 7) is 2.26. The first kappa shape index (κ1) is 17.5. The summed E-state index contributed by atoms with van der Waals surface area (Å²) in [5.74, 6) is 0.149. The van der Waals surface area contributed by atoms with E-state index in [9.17, 15) is 9.90 Å². The van der Waals surface area contributed by atoms with Crippen LogP contribution in [0.1, 0.15) is 50.7 Å². The summed E-state index contributed by atoms with van der Waals surface area (Å²) in [5.41, 5.74) is 0.653. The number of methoxy groups -OCH3 is 1. The Kier molecular flexibility index (Phi) is 3.84. The SMILES string of the molecule is COC(=O)C1=CCC[C@@H]2[C@]13CC[C@H](C)[C@@]21C[C@H](c2ccoc2)O[C@H]1O[C@H]3O. The van der Waals surface area contributed by atoms with Crippen molar-refractivity contribution in [2.45, 2.75) is 57.7 Å². The first-order valence-corrected chi connectivity index (χ1v) is 9.84. The lowest BCUT2D eigenvalue weighted by molar-refractivity contribution is -0.360. The van der Waals surface area contributed by atoms with E-state index in [-0.39, 0.29) is 23.4 Å². The molecule has 7 atom stereocenters. The molecular weight excluding hydrogens is 348 g/mol. The van der Waals surface area contributed by atoms with Crippen molar-refractivity contribution in [1.29, 1.82) is 0 Å². The van der Waals surface area contributed by atoms with Crippen LogP contribution < -0.4 is 0 Å². The molecule has 1 aromatic heterocycles. The smallest absolute Gasteiger partial charge is 0.334 e. The number of hydrogen-bond acceptors (Lipinski definition) is 6. The topological polar surface area (TPSA) is 78.1 Å². The van der Waals surface area contributed by atoms with Gasteiger partial charge >= 0.3 is 5.97 Å². The summed E-state index contributed by atoms with van der Waals surface area (Å²) in [7, 11) is 1.40. The van der Waals surface area contributed by atoms with Gasteiger partial charge in [-0.05, 0) is 50.0 Å². The first-order valence-electron chi connectivity index (χ1n) is 9.84. The number of furan rings is 1. The molecule has 4 aliphatic rings. The largest absolute Gasteiger partial charge is 0.472 e. The molecule has 0 unspecified atom stereocenters. The number of ether oxygens (including phenoxy) is 3. The molecule has 1 saturated carbocycles. The third-order valence-electron chi connectivity index (χ3n) is 7.76. The molecule has 2 aliphatic carbocycles. The van der Waals surface area contributed by atoms with Crippen LogP contribution in [0.5, 0.6) is 0 Å². The van der Waals surface area contributed by atoms with E-state index in [4.69, 9.17) is 18.6 Å². The van der Waals surface area contributed by atoms with Crippen LogP contribution in [0, 0.1) is 22.7 Å². The lowest BCUT2D eigenvalue weighted by atomic mass is 9.44. The highest BCUT2D eigenvalue weighted by Gasteiger charge is 2.72. The average molecular weight is 374 g/mol. The summed E-state index contributed by atoms with van der Waals surface area (Å²) in [6, 6.07) is 1.93. The number of carbonyl (C=O) groups is 1. The van der Waals surface area contributed by atoms with Gasteiger partial charge in [0.2, 0.25) is 0 Å². The Morgan fingerprint density at radius 2 is 2.19 bits per heavy atom. The zero-order valence-electron chi connectivity index (χ0n) is 15.7. The molecule has 3 fully saturated rings. The second-order valence-electron chi connectivity index (χ2n) is 8.54. The monoisotopic (exact) mass is 374 g/mol. The van der Waals surface area contributed by atoms with Gasteiger partial charge in [-0.1, -0.05) is 13.0 Å². The third kappa shape index (κ3) is 2.09. The predicted molar refractivity (Wildman–Crippen MR) is 94.1 cm³/mol. The summed E-state index contributed by atoms with van der Waals surface area (Å²) in [6.07, 6.45) is 7.84. The fourth-order valence-electron chi connectivity index (χ4n) is 6.50. The fraction of sp³-hybridized carbons (Fsp3) is 0.667. The molecule has 146 valence electrons. The Morgan fingerprint density at radius 1 is 1.33 bits per heavy atom. The maximum atomic E-state index is 12.6. The lowest BCUT2D eigenvalue weighted by Crippen LogP contribution is -2.66. The normalized spacial score (nSPS) is 45.6. The Bertz CT molecular complexity index is 770. The van der Waals surface area contributed by atoms with E-state index in [0.717, 1.165) is 37.7 Å². The van der Waals surface area contributed by atoms with Crippen molar-refractivity contribution in [3.05, 3.63) is 35.8 Å². The highest BCUT2D eigenvalue weighted by Crippen LogP contribution is 2.71. The van der Waals surface area contributed by atoms with E-state index < -0.39 is 18.0 Å². The molecular formula is C21H26O6. The minimum absolute atomic E-state index is 0.121. The Morgan fingerprint density at radius 3 is 2.93 bits per heavy atom. The summed E-state index contributed by atoms with van der Waals surface area (Å²) in [5, 5.41) is 11.1. The van der Waals surface area contributed by atoms with E-state index in [1.165, 1.54) is 7.11 Å². The number of allylic oxidation sites excluding steroid dienone is 1. The van der Waals surface area contributed by atoms with Crippen LogP contribution >= 0.6 is 0 Å². The van der Waals surface area contributed by atoms with Gasteiger partial charge in [-0.25, -0.2) is 4.79 Å². The molecule has 0 amide bonds. The molecule has 2 bridgehead atoms. The minimum Gasteiger partial charge on any atom is -0.472 e. The van der Waals surface area contributed by atoms with E-state index in [2.05, 4.69) is 6.92 Å². The zero-order valence-corrected chi connectivity index (χ0v) is 15.7. The van der Waals surface area contributed by atoms with Crippen molar-refractivity contribution in [3.63, 3.8) is 0 Å². The third-order valence-corrected chi connectivity index (χ3v) is 7.76. The van der Waals surface area contributed by atoms with Crippen molar-refractivity contribution in [1.82, 2.24) is 0 Å². The maximum absolute atomic E-state index is 12.6. The first-order chi connectivity index (χ1) is 13.0. The van der Waals surface area contributed by atoms with Gasteiger partial charge in [-0.3, -0.25) is 0 Å². The van der Waals surface area contributed by atoms with E-state index in [1.54, 1.807) is 12.5 Å². The number of rotatable bonds is 2. The summed E-state index contributed by atoms with van der Waals surface area (Å²) in [4.78, 5) is 12.6. The van der Waals surface area contributed by atoms with Gasteiger partial charge in [-0.2, -0.15) is 0 Å². The van der Waals surface area contributed by atoms with Gasteiger partial charge in [0.15, 0.2) is 12.6 Å². The van der Waals surface area contributed by atoms with Crippen LogP contribution in [0.25, 0.3) is 0 Å². The number of carbonyl (C=O) groups excluding carboxylic acids is 1. The predicted octanol–water partition coefficient (Wildman–Crippen LogP) is 3.33. The molecule has 27 heavy (non-hydrogen) atoms. The number of aliphatic hydroxyl groups excluding tert-OH is 1. The van der Waals surface area contributed by atoms with Crippen LogP contribution in [0.3, 0.4) is 0 Å². The zero-order chi connectivity index (χ0) is 18.8. The molecule has 6 heteroatoms. The second-order valence-corrected chi connectivity index (χ2v) is 8.54. The molecule has 5 rings (SSSR count). The minimum atomic E-state index is -1.07. The standard InChI is InChI=1S/C21H26O6/c1-12-6-8-20-14(17(22)24-2)4-3-5-16(20)21(12)10-15(13-7-9-25-11-13)26-19(21)27-18(20)23/h4,7,9,11-12,15-16,18-19,23H,3,5-6,8,10H2,1-2H3/t12-,15+,16+,18+,19-,20-,21-/m0/s1. The van der Waals surface area contributed by atoms with Crippen molar-refractivity contribution >= 4 is 5.97 Å². The molecule has 0 radical (unpaired) electrons.